The zero-order valence-corrected chi connectivity index (χ0v) is 15.0. The molecular formula is C18H19N5O4. The highest BCUT2D eigenvalue weighted by atomic mass is 16.5. The van der Waals surface area contributed by atoms with Crippen LogP contribution >= 0.6 is 0 Å². The Bertz CT molecular complexity index is 1010. The first kappa shape index (κ1) is 17.1. The molecule has 1 aromatic carbocycles. The molecule has 3 heterocycles. The van der Waals surface area contributed by atoms with Crippen LogP contribution in [0.3, 0.4) is 0 Å². The van der Waals surface area contributed by atoms with Gasteiger partial charge in [0.15, 0.2) is 5.82 Å². The number of piperazine rings is 1. The first-order valence-electron chi connectivity index (χ1n) is 8.60. The second kappa shape index (κ2) is 6.75. The third kappa shape index (κ3) is 3.23. The minimum absolute atomic E-state index is 0.173. The normalized spacial score (nSPS) is 17.2. The summed E-state index contributed by atoms with van der Waals surface area (Å²) in [5, 5.41) is 7.42. The summed E-state index contributed by atoms with van der Waals surface area (Å²) in [4.78, 5) is 34.3. The molecule has 1 saturated heterocycles. The van der Waals surface area contributed by atoms with E-state index in [0.29, 0.717) is 36.2 Å². The Morgan fingerprint density at radius 3 is 3.00 bits per heavy atom. The van der Waals surface area contributed by atoms with Gasteiger partial charge in [-0.2, -0.15) is 4.98 Å². The SMILES string of the molecule is COc1ccc2cc(C(=O)N3CCNC(=O)C3Cc3nc(C)no3)[nH]c2c1. The van der Waals surface area contributed by atoms with E-state index >= 15 is 0 Å². The molecule has 2 amide bonds. The van der Waals surface area contributed by atoms with Crippen LogP contribution in [0.1, 0.15) is 22.2 Å². The zero-order chi connectivity index (χ0) is 19.0. The zero-order valence-electron chi connectivity index (χ0n) is 15.0. The van der Waals surface area contributed by atoms with Crippen LogP contribution in [-0.4, -0.2) is 58.1 Å². The van der Waals surface area contributed by atoms with E-state index in [-0.39, 0.29) is 18.2 Å². The smallest absolute Gasteiger partial charge is 0.271 e. The van der Waals surface area contributed by atoms with Crippen LogP contribution in [0, 0.1) is 6.92 Å². The number of fused-ring (bicyclic) bond motifs is 1. The summed E-state index contributed by atoms with van der Waals surface area (Å²) in [5.74, 6) is 1.03. The molecule has 1 unspecified atom stereocenters. The van der Waals surface area contributed by atoms with Crippen LogP contribution in [-0.2, 0) is 11.2 Å². The number of nitrogens with zero attached hydrogens (tertiary/aromatic N) is 3. The number of H-pyrrole nitrogens is 1. The van der Waals surface area contributed by atoms with Gasteiger partial charge in [-0.1, -0.05) is 5.16 Å². The molecule has 2 aromatic heterocycles. The average Bonchev–Trinajstić information content (AvgIpc) is 3.28. The lowest BCUT2D eigenvalue weighted by Gasteiger charge is -2.34. The van der Waals surface area contributed by atoms with Gasteiger partial charge in [0.2, 0.25) is 11.8 Å². The number of aromatic amines is 1. The van der Waals surface area contributed by atoms with Crippen molar-refractivity contribution < 1.29 is 18.8 Å². The van der Waals surface area contributed by atoms with Crippen LogP contribution in [0.25, 0.3) is 10.9 Å². The number of amides is 2. The Morgan fingerprint density at radius 1 is 1.41 bits per heavy atom. The summed E-state index contributed by atoms with van der Waals surface area (Å²) in [6, 6.07) is 6.61. The second-order valence-corrected chi connectivity index (χ2v) is 6.38. The van der Waals surface area contributed by atoms with E-state index in [1.165, 1.54) is 0 Å². The van der Waals surface area contributed by atoms with E-state index in [1.54, 1.807) is 25.0 Å². The fourth-order valence-corrected chi connectivity index (χ4v) is 3.25. The van der Waals surface area contributed by atoms with Crippen molar-refractivity contribution in [3.8, 4) is 5.75 Å². The highest BCUT2D eigenvalue weighted by Gasteiger charge is 2.35. The molecule has 9 heteroatoms. The van der Waals surface area contributed by atoms with Crippen molar-refractivity contribution in [2.75, 3.05) is 20.2 Å². The number of carbonyl (C=O) groups is 2. The number of hydrogen-bond donors (Lipinski definition) is 2. The summed E-state index contributed by atoms with van der Waals surface area (Å²) >= 11 is 0. The first-order chi connectivity index (χ1) is 13.0. The van der Waals surface area contributed by atoms with Gasteiger partial charge in [0, 0.05) is 30.1 Å². The molecule has 0 saturated carbocycles. The Hall–Kier alpha value is -3.36. The Morgan fingerprint density at radius 2 is 2.26 bits per heavy atom. The lowest BCUT2D eigenvalue weighted by Crippen LogP contribution is -2.58. The predicted molar refractivity (Wildman–Crippen MR) is 95.4 cm³/mol. The molecule has 0 bridgehead atoms. The number of methoxy groups -OCH3 is 1. The maximum atomic E-state index is 13.1. The minimum atomic E-state index is -0.702. The van der Waals surface area contributed by atoms with Gasteiger partial charge >= 0.3 is 0 Å². The summed E-state index contributed by atoms with van der Waals surface area (Å²) in [5.41, 5.74) is 1.21. The maximum Gasteiger partial charge on any atom is 0.271 e. The monoisotopic (exact) mass is 369 g/mol. The van der Waals surface area contributed by atoms with E-state index in [0.717, 1.165) is 10.9 Å². The van der Waals surface area contributed by atoms with Crippen molar-refractivity contribution in [3.05, 3.63) is 41.7 Å². The number of rotatable bonds is 4. The van der Waals surface area contributed by atoms with Gasteiger partial charge in [0.25, 0.3) is 5.91 Å². The van der Waals surface area contributed by atoms with E-state index in [1.807, 2.05) is 18.2 Å². The first-order valence-corrected chi connectivity index (χ1v) is 8.60. The predicted octanol–water partition coefficient (Wildman–Crippen LogP) is 1.05. The van der Waals surface area contributed by atoms with Gasteiger partial charge < -0.3 is 24.5 Å². The lowest BCUT2D eigenvalue weighted by atomic mass is 10.1. The van der Waals surface area contributed by atoms with Crippen molar-refractivity contribution >= 4 is 22.7 Å². The molecule has 0 aliphatic carbocycles. The van der Waals surface area contributed by atoms with Crippen molar-refractivity contribution in [1.82, 2.24) is 25.3 Å². The van der Waals surface area contributed by atoms with Gasteiger partial charge in [0.05, 0.1) is 13.5 Å². The van der Waals surface area contributed by atoms with E-state index in [4.69, 9.17) is 9.26 Å². The van der Waals surface area contributed by atoms with Crippen LogP contribution in [0.15, 0.2) is 28.8 Å². The molecule has 3 aromatic rings. The van der Waals surface area contributed by atoms with E-state index < -0.39 is 6.04 Å². The maximum absolute atomic E-state index is 13.1. The van der Waals surface area contributed by atoms with Crippen molar-refractivity contribution in [2.45, 2.75) is 19.4 Å². The highest BCUT2D eigenvalue weighted by Crippen LogP contribution is 2.23. The summed E-state index contributed by atoms with van der Waals surface area (Å²) in [6.07, 6.45) is 0.173. The molecule has 4 rings (SSSR count). The largest absolute Gasteiger partial charge is 0.497 e. The standard InChI is InChI=1S/C18H19N5O4/c1-10-20-16(27-22-10)9-15-17(24)19-5-6-23(15)18(25)14-7-11-3-4-12(26-2)8-13(11)21-14/h3-4,7-8,15,21H,5-6,9H2,1-2H3,(H,19,24). The van der Waals surface area contributed by atoms with Gasteiger partial charge in [-0.3, -0.25) is 9.59 Å². The number of aromatic nitrogens is 3. The van der Waals surface area contributed by atoms with Crippen molar-refractivity contribution in [1.29, 1.82) is 0 Å². The fourth-order valence-electron chi connectivity index (χ4n) is 3.25. The van der Waals surface area contributed by atoms with Crippen LogP contribution in [0.4, 0.5) is 0 Å². The molecule has 1 fully saturated rings. The Labute approximate surface area is 154 Å². The molecule has 1 aliphatic heterocycles. The second-order valence-electron chi connectivity index (χ2n) is 6.38. The molecule has 0 spiro atoms. The molecule has 140 valence electrons. The van der Waals surface area contributed by atoms with Gasteiger partial charge in [-0.25, -0.2) is 0 Å². The lowest BCUT2D eigenvalue weighted by molar-refractivity contribution is -0.128. The van der Waals surface area contributed by atoms with E-state index in [2.05, 4.69) is 20.4 Å². The van der Waals surface area contributed by atoms with Crippen molar-refractivity contribution in [2.24, 2.45) is 0 Å². The summed E-state index contributed by atoms with van der Waals surface area (Å²) in [7, 11) is 1.59. The average molecular weight is 369 g/mol. The molecule has 0 radical (unpaired) electrons. The van der Waals surface area contributed by atoms with Gasteiger partial charge in [-0.05, 0) is 25.1 Å². The number of ether oxygens (including phenoxy) is 1. The van der Waals surface area contributed by atoms with Crippen LogP contribution < -0.4 is 10.1 Å². The molecule has 2 N–H and O–H groups in total. The van der Waals surface area contributed by atoms with Crippen molar-refractivity contribution in [3.63, 3.8) is 0 Å². The van der Waals surface area contributed by atoms with Gasteiger partial charge in [0.1, 0.15) is 17.5 Å². The van der Waals surface area contributed by atoms with E-state index in [9.17, 15) is 9.59 Å². The quantitative estimate of drug-likeness (QED) is 0.711. The number of hydrogen-bond acceptors (Lipinski definition) is 6. The van der Waals surface area contributed by atoms with Crippen LogP contribution in [0.2, 0.25) is 0 Å². The fraction of sp³-hybridized carbons (Fsp3) is 0.333. The Balaban J connectivity index is 1.62. The Kier molecular flexibility index (Phi) is 4.27. The topological polar surface area (TPSA) is 113 Å². The summed E-state index contributed by atoms with van der Waals surface area (Å²) in [6.45, 7) is 2.51. The minimum Gasteiger partial charge on any atom is -0.497 e. The van der Waals surface area contributed by atoms with Crippen LogP contribution in [0.5, 0.6) is 5.75 Å². The number of carbonyl (C=O) groups excluding carboxylic acids is 2. The molecular weight excluding hydrogens is 350 g/mol. The third-order valence-corrected chi connectivity index (χ3v) is 4.59. The summed E-state index contributed by atoms with van der Waals surface area (Å²) < 4.78 is 10.3. The number of benzene rings is 1. The number of aryl methyl sites for hydroxylation is 1. The van der Waals surface area contributed by atoms with Gasteiger partial charge in [-0.15, -0.1) is 0 Å². The molecule has 27 heavy (non-hydrogen) atoms. The molecule has 1 atom stereocenters. The highest BCUT2D eigenvalue weighted by molar-refractivity contribution is 6.00. The molecule has 1 aliphatic rings. The third-order valence-electron chi connectivity index (χ3n) is 4.59. The molecule has 9 nitrogen and oxygen atoms in total. The number of nitrogens with one attached hydrogen (secondary N) is 2.